The SMILES string of the molecule is CCN1CCC(C(N)COc2cccc(O)c2)C1. The highest BCUT2D eigenvalue weighted by atomic mass is 16.5. The summed E-state index contributed by atoms with van der Waals surface area (Å²) in [5, 5.41) is 9.34. The number of likely N-dealkylation sites (tertiary alicyclic amines) is 1. The molecular formula is C14H22N2O2. The van der Waals surface area contributed by atoms with E-state index in [0.717, 1.165) is 26.1 Å². The largest absolute Gasteiger partial charge is 0.508 e. The first-order valence-electron chi connectivity index (χ1n) is 6.58. The maximum Gasteiger partial charge on any atom is 0.123 e. The third-order valence-corrected chi connectivity index (χ3v) is 3.62. The molecule has 0 bridgehead atoms. The van der Waals surface area contributed by atoms with Crippen molar-refractivity contribution in [1.29, 1.82) is 0 Å². The molecule has 4 heteroatoms. The van der Waals surface area contributed by atoms with Gasteiger partial charge in [-0.1, -0.05) is 13.0 Å². The molecular weight excluding hydrogens is 228 g/mol. The zero-order valence-corrected chi connectivity index (χ0v) is 10.9. The number of nitrogens with zero attached hydrogens (tertiary/aromatic N) is 1. The van der Waals surface area contributed by atoms with Crippen molar-refractivity contribution in [2.24, 2.45) is 11.7 Å². The van der Waals surface area contributed by atoms with Gasteiger partial charge in [-0.3, -0.25) is 0 Å². The van der Waals surface area contributed by atoms with Crippen LogP contribution in [0.15, 0.2) is 24.3 Å². The molecule has 0 radical (unpaired) electrons. The summed E-state index contributed by atoms with van der Waals surface area (Å²) in [6.45, 7) is 5.99. The lowest BCUT2D eigenvalue weighted by molar-refractivity contribution is 0.240. The van der Waals surface area contributed by atoms with E-state index in [1.54, 1.807) is 18.2 Å². The molecule has 0 aromatic heterocycles. The van der Waals surface area contributed by atoms with E-state index in [2.05, 4.69) is 11.8 Å². The van der Waals surface area contributed by atoms with Crippen molar-refractivity contribution in [2.45, 2.75) is 19.4 Å². The molecule has 100 valence electrons. The van der Waals surface area contributed by atoms with Gasteiger partial charge in [0.15, 0.2) is 0 Å². The van der Waals surface area contributed by atoms with Crippen molar-refractivity contribution >= 4 is 0 Å². The molecule has 2 unspecified atom stereocenters. The fourth-order valence-corrected chi connectivity index (χ4v) is 2.40. The zero-order chi connectivity index (χ0) is 13.0. The van der Waals surface area contributed by atoms with Crippen LogP contribution in [-0.4, -0.2) is 42.3 Å². The monoisotopic (exact) mass is 250 g/mol. The van der Waals surface area contributed by atoms with Gasteiger partial charge in [-0.25, -0.2) is 0 Å². The normalized spacial score (nSPS) is 22.0. The van der Waals surface area contributed by atoms with Gasteiger partial charge in [-0.05, 0) is 37.6 Å². The Morgan fingerprint density at radius 1 is 1.56 bits per heavy atom. The highest BCUT2D eigenvalue weighted by Gasteiger charge is 2.26. The van der Waals surface area contributed by atoms with E-state index in [-0.39, 0.29) is 11.8 Å². The molecule has 1 heterocycles. The molecule has 0 aliphatic carbocycles. The first-order valence-corrected chi connectivity index (χ1v) is 6.58. The van der Waals surface area contributed by atoms with Crippen molar-refractivity contribution in [3.05, 3.63) is 24.3 Å². The van der Waals surface area contributed by atoms with Crippen molar-refractivity contribution in [3.63, 3.8) is 0 Å². The van der Waals surface area contributed by atoms with Gasteiger partial charge in [0.05, 0.1) is 0 Å². The van der Waals surface area contributed by atoms with Crippen LogP contribution >= 0.6 is 0 Å². The van der Waals surface area contributed by atoms with Crippen LogP contribution in [0.4, 0.5) is 0 Å². The molecule has 1 aliphatic rings. The number of phenols is 1. The van der Waals surface area contributed by atoms with Crippen LogP contribution in [0.3, 0.4) is 0 Å². The van der Waals surface area contributed by atoms with Crippen LogP contribution in [0.25, 0.3) is 0 Å². The number of nitrogens with two attached hydrogens (primary N) is 1. The van der Waals surface area contributed by atoms with E-state index in [4.69, 9.17) is 10.5 Å². The van der Waals surface area contributed by atoms with E-state index in [0.29, 0.717) is 18.3 Å². The minimum atomic E-state index is 0.0592. The molecule has 0 saturated carbocycles. The lowest BCUT2D eigenvalue weighted by Crippen LogP contribution is -2.37. The summed E-state index contributed by atoms with van der Waals surface area (Å²) in [5.74, 6) is 1.41. The van der Waals surface area contributed by atoms with E-state index in [1.807, 2.05) is 6.07 Å². The molecule has 1 aromatic rings. The minimum Gasteiger partial charge on any atom is -0.508 e. The highest BCUT2D eigenvalue weighted by Crippen LogP contribution is 2.21. The second kappa shape index (κ2) is 6.07. The Bertz CT molecular complexity index is 384. The molecule has 2 atom stereocenters. The van der Waals surface area contributed by atoms with Gasteiger partial charge in [-0.2, -0.15) is 0 Å². The molecule has 0 spiro atoms. The molecule has 3 N–H and O–H groups in total. The summed E-state index contributed by atoms with van der Waals surface area (Å²) in [6, 6.07) is 6.90. The van der Waals surface area contributed by atoms with E-state index in [9.17, 15) is 5.11 Å². The average molecular weight is 250 g/mol. The summed E-state index contributed by atoms with van der Waals surface area (Å²) in [7, 11) is 0. The Balaban J connectivity index is 1.80. The van der Waals surface area contributed by atoms with Crippen molar-refractivity contribution < 1.29 is 9.84 Å². The molecule has 1 fully saturated rings. The summed E-state index contributed by atoms with van der Waals surface area (Å²) in [6.07, 6.45) is 1.15. The fourth-order valence-electron chi connectivity index (χ4n) is 2.40. The number of hydrogen-bond donors (Lipinski definition) is 2. The Kier molecular flexibility index (Phi) is 4.44. The van der Waals surface area contributed by atoms with Crippen molar-refractivity contribution in [2.75, 3.05) is 26.2 Å². The number of rotatable bonds is 5. The smallest absolute Gasteiger partial charge is 0.123 e. The summed E-state index contributed by atoms with van der Waals surface area (Å²) in [4.78, 5) is 2.42. The number of hydrogen-bond acceptors (Lipinski definition) is 4. The fraction of sp³-hybridized carbons (Fsp3) is 0.571. The summed E-state index contributed by atoms with van der Waals surface area (Å²) in [5.41, 5.74) is 6.17. The second-order valence-corrected chi connectivity index (χ2v) is 4.91. The van der Waals surface area contributed by atoms with Crippen LogP contribution in [0.2, 0.25) is 0 Å². The minimum absolute atomic E-state index is 0.0592. The predicted octanol–water partition coefficient (Wildman–Crippen LogP) is 1.44. The second-order valence-electron chi connectivity index (χ2n) is 4.91. The standard InChI is InChI=1S/C14H22N2O2/c1-2-16-7-6-11(9-16)14(15)10-18-13-5-3-4-12(17)8-13/h3-5,8,11,14,17H,2,6-7,9-10,15H2,1H3. The van der Waals surface area contributed by atoms with Crippen LogP contribution < -0.4 is 10.5 Å². The predicted molar refractivity (Wildman–Crippen MR) is 71.8 cm³/mol. The maximum atomic E-state index is 9.34. The van der Waals surface area contributed by atoms with Gasteiger partial charge in [-0.15, -0.1) is 0 Å². The van der Waals surface area contributed by atoms with Crippen LogP contribution in [0.1, 0.15) is 13.3 Å². The number of aromatic hydroxyl groups is 1. The summed E-state index contributed by atoms with van der Waals surface area (Å²) >= 11 is 0. The quantitative estimate of drug-likeness (QED) is 0.830. The third kappa shape index (κ3) is 3.37. The molecule has 4 nitrogen and oxygen atoms in total. The molecule has 2 rings (SSSR count). The molecule has 18 heavy (non-hydrogen) atoms. The molecule has 1 aromatic carbocycles. The van der Waals surface area contributed by atoms with Crippen molar-refractivity contribution in [1.82, 2.24) is 4.90 Å². The van der Waals surface area contributed by atoms with Crippen LogP contribution in [0.5, 0.6) is 11.5 Å². The zero-order valence-electron chi connectivity index (χ0n) is 10.9. The van der Waals surface area contributed by atoms with Crippen LogP contribution in [-0.2, 0) is 0 Å². The molecule has 1 aliphatic heterocycles. The Hall–Kier alpha value is -1.26. The van der Waals surface area contributed by atoms with Crippen molar-refractivity contribution in [3.8, 4) is 11.5 Å². The lowest BCUT2D eigenvalue weighted by Gasteiger charge is -2.20. The van der Waals surface area contributed by atoms with Gasteiger partial charge in [0.25, 0.3) is 0 Å². The average Bonchev–Trinajstić information content (AvgIpc) is 2.85. The molecule has 0 amide bonds. The third-order valence-electron chi connectivity index (χ3n) is 3.62. The maximum absolute atomic E-state index is 9.34. The van der Waals surface area contributed by atoms with E-state index in [1.165, 1.54) is 0 Å². The van der Waals surface area contributed by atoms with Gasteiger partial charge in [0.2, 0.25) is 0 Å². The topological polar surface area (TPSA) is 58.7 Å². The number of ether oxygens (including phenoxy) is 1. The van der Waals surface area contributed by atoms with Gasteiger partial charge in [0.1, 0.15) is 18.1 Å². The highest BCUT2D eigenvalue weighted by molar-refractivity contribution is 5.31. The van der Waals surface area contributed by atoms with Crippen LogP contribution in [0, 0.1) is 5.92 Å². The first kappa shape index (κ1) is 13.2. The molecule has 1 saturated heterocycles. The lowest BCUT2D eigenvalue weighted by atomic mass is 10.0. The Morgan fingerprint density at radius 2 is 2.39 bits per heavy atom. The van der Waals surface area contributed by atoms with Gasteiger partial charge < -0.3 is 20.5 Å². The van der Waals surface area contributed by atoms with E-state index < -0.39 is 0 Å². The van der Waals surface area contributed by atoms with E-state index >= 15 is 0 Å². The Labute approximate surface area is 108 Å². The number of phenolic OH excluding ortho intramolecular Hbond substituents is 1. The first-order chi connectivity index (χ1) is 8.69. The van der Waals surface area contributed by atoms with Gasteiger partial charge >= 0.3 is 0 Å². The van der Waals surface area contributed by atoms with Gasteiger partial charge in [0, 0.05) is 18.7 Å². The number of benzene rings is 1. The summed E-state index contributed by atoms with van der Waals surface area (Å²) < 4.78 is 5.63. The Morgan fingerprint density at radius 3 is 3.06 bits per heavy atom.